The van der Waals surface area contributed by atoms with Gasteiger partial charge in [0.15, 0.2) is 0 Å². The van der Waals surface area contributed by atoms with Crippen molar-refractivity contribution >= 4 is 27.8 Å². The Morgan fingerprint density at radius 3 is 1.44 bits per heavy atom. The number of para-hydroxylation sites is 1. The Balaban J connectivity index is 1.37. The van der Waals surface area contributed by atoms with Gasteiger partial charge in [0.05, 0.1) is 0 Å². The lowest BCUT2D eigenvalue weighted by Crippen LogP contribution is -2.10. The van der Waals surface area contributed by atoms with Crippen molar-refractivity contribution < 1.29 is 0 Å². The number of hydrogen-bond donors (Lipinski definition) is 0. The monoisotopic (exact) mass is 523 g/mol. The first kappa shape index (κ1) is 24.6. The fourth-order valence-electron chi connectivity index (χ4n) is 5.73. The Hall–Kier alpha value is -5.40. The molecule has 41 heavy (non-hydrogen) atoms. The molecule has 0 fully saturated rings. The standard InChI is InChI=1S/C40H29N/c1-3-14-30(15-4-1)37-25-9-10-26-39(37)32-18-11-22-35(28-32)41(34-20-5-2-6-21-34)36-23-12-19-33(29-36)40-27-13-17-31-16-7-8-24-38(31)40/h1-29H. The first-order valence-corrected chi connectivity index (χ1v) is 14.0. The van der Waals surface area contributed by atoms with Gasteiger partial charge in [0.25, 0.3) is 0 Å². The van der Waals surface area contributed by atoms with Crippen LogP contribution in [0.5, 0.6) is 0 Å². The first-order valence-electron chi connectivity index (χ1n) is 14.0. The summed E-state index contributed by atoms with van der Waals surface area (Å²) in [5, 5.41) is 2.51. The molecular formula is C40H29N. The number of nitrogens with zero attached hydrogens (tertiary/aromatic N) is 1. The van der Waals surface area contributed by atoms with Crippen molar-refractivity contribution in [2.75, 3.05) is 4.90 Å². The summed E-state index contributed by atoms with van der Waals surface area (Å²) in [6.45, 7) is 0. The molecule has 194 valence electrons. The molecule has 0 atom stereocenters. The molecule has 0 unspecified atom stereocenters. The van der Waals surface area contributed by atoms with Crippen LogP contribution in [0.3, 0.4) is 0 Å². The van der Waals surface area contributed by atoms with Crippen LogP contribution in [-0.2, 0) is 0 Å². The fraction of sp³-hybridized carbons (Fsp3) is 0. The molecule has 0 N–H and O–H groups in total. The van der Waals surface area contributed by atoms with Gasteiger partial charge in [-0.15, -0.1) is 0 Å². The molecule has 1 heteroatoms. The lowest BCUT2D eigenvalue weighted by Gasteiger charge is -2.26. The smallest absolute Gasteiger partial charge is 0.0467 e. The zero-order chi connectivity index (χ0) is 27.4. The molecule has 0 saturated heterocycles. The van der Waals surface area contributed by atoms with Crippen LogP contribution in [0.15, 0.2) is 176 Å². The van der Waals surface area contributed by atoms with Crippen molar-refractivity contribution in [2.45, 2.75) is 0 Å². The second-order valence-corrected chi connectivity index (χ2v) is 10.2. The van der Waals surface area contributed by atoms with Crippen LogP contribution >= 0.6 is 0 Å². The highest BCUT2D eigenvalue weighted by Crippen LogP contribution is 2.40. The molecule has 0 spiro atoms. The van der Waals surface area contributed by atoms with Gasteiger partial charge in [-0.05, 0) is 80.6 Å². The van der Waals surface area contributed by atoms with Crippen molar-refractivity contribution in [3.63, 3.8) is 0 Å². The Bertz CT molecular complexity index is 1930. The predicted molar refractivity (Wildman–Crippen MR) is 175 cm³/mol. The van der Waals surface area contributed by atoms with Crippen molar-refractivity contribution in [1.82, 2.24) is 0 Å². The van der Waals surface area contributed by atoms with E-state index in [9.17, 15) is 0 Å². The van der Waals surface area contributed by atoms with E-state index in [-0.39, 0.29) is 0 Å². The Labute approximate surface area is 241 Å². The lowest BCUT2D eigenvalue weighted by atomic mass is 9.94. The number of rotatable bonds is 6. The average molecular weight is 524 g/mol. The molecule has 0 amide bonds. The van der Waals surface area contributed by atoms with Crippen LogP contribution in [0.1, 0.15) is 0 Å². The zero-order valence-corrected chi connectivity index (χ0v) is 22.7. The van der Waals surface area contributed by atoms with Gasteiger partial charge in [0.1, 0.15) is 0 Å². The van der Waals surface area contributed by atoms with E-state index in [2.05, 4.69) is 181 Å². The molecule has 0 aliphatic heterocycles. The topological polar surface area (TPSA) is 3.24 Å². The van der Waals surface area contributed by atoms with Crippen LogP contribution in [0.4, 0.5) is 17.1 Å². The maximum absolute atomic E-state index is 2.35. The highest BCUT2D eigenvalue weighted by atomic mass is 15.1. The minimum Gasteiger partial charge on any atom is -0.310 e. The van der Waals surface area contributed by atoms with Crippen LogP contribution in [0.25, 0.3) is 44.2 Å². The predicted octanol–water partition coefficient (Wildman–Crippen LogP) is 11.3. The summed E-state index contributed by atoms with van der Waals surface area (Å²) in [5.74, 6) is 0. The van der Waals surface area contributed by atoms with Crippen molar-refractivity contribution in [2.24, 2.45) is 0 Å². The largest absolute Gasteiger partial charge is 0.310 e. The van der Waals surface area contributed by atoms with Gasteiger partial charge in [0.2, 0.25) is 0 Å². The van der Waals surface area contributed by atoms with Crippen LogP contribution in [0.2, 0.25) is 0 Å². The molecule has 0 aliphatic rings. The van der Waals surface area contributed by atoms with Crippen LogP contribution in [-0.4, -0.2) is 0 Å². The lowest BCUT2D eigenvalue weighted by molar-refractivity contribution is 1.28. The third-order valence-electron chi connectivity index (χ3n) is 7.65. The maximum atomic E-state index is 2.35. The summed E-state index contributed by atoms with van der Waals surface area (Å²) < 4.78 is 0. The van der Waals surface area contributed by atoms with E-state index in [0.29, 0.717) is 0 Å². The van der Waals surface area contributed by atoms with E-state index in [1.807, 2.05) is 0 Å². The van der Waals surface area contributed by atoms with Gasteiger partial charge in [-0.2, -0.15) is 0 Å². The highest BCUT2D eigenvalue weighted by molar-refractivity contribution is 5.97. The molecule has 7 rings (SSSR count). The summed E-state index contributed by atoms with van der Waals surface area (Å²) in [4.78, 5) is 2.35. The molecule has 0 bridgehead atoms. The Morgan fingerprint density at radius 1 is 0.293 bits per heavy atom. The fourth-order valence-corrected chi connectivity index (χ4v) is 5.73. The zero-order valence-electron chi connectivity index (χ0n) is 22.7. The van der Waals surface area contributed by atoms with E-state index in [1.54, 1.807) is 0 Å². The van der Waals surface area contributed by atoms with Gasteiger partial charge in [-0.1, -0.05) is 140 Å². The second-order valence-electron chi connectivity index (χ2n) is 10.2. The molecule has 0 saturated carbocycles. The molecule has 7 aromatic carbocycles. The van der Waals surface area contributed by atoms with E-state index in [1.165, 1.54) is 44.2 Å². The van der Waals surface area contributed by atoms with E-state index >= 15 is 0 Å². The summed E-state index contributed by atoms with van der Waals surface area (Å²) in [7, 11) is 0. The first-order chi connectivity index (χ1) is 20.3. The van der Waals surface area contributed by atoms with Gasteiger partial charge in [-0.3, -0.25) is 0 Å². The third kappa shape index (κ3) is 4.90. The number of anilines is 3. The van der Waals surface area contributed by atoms with Gasteiger partial charge in [0, 0.05) is 17.1 Å². The Kier molecular flexibility index (Phi) is 6.61. The highest BCUT2D eigenvalue weighted by Gasteiger charge is 2.16. The minimum absolute atomic E-state index is 1.12. The Morgan fingerprint density at radius 2 is 0.732 bits per heavy atom. The molecule has 7 aromatic rings. The summed E-state index contributed by atoms with van der Waals surface area (Å²) in [6.07, 6.45) is 0. The van der Waals surface area contributed by atoms with Gasteiger partial charge >= 0.3 is 0 Å². The quantitative estimate of drug-likeness (QED) is 0.209. The molecular weight excluding hydrogens is 494 g/mol. The minimum atomic E-state index is 1.12. The number of fused-ring (bicyclic) bond motifs is 1. The van der Waals surface area contributed by atoms with E-state index in [0.717, 1.165) is 17.1 Å². The van der Waals surface area contributed by atoms with Crippen LogP contribution < -0.4 is 4.90 Å². The summed E-state index contributed by atoms with van der Waals surface area (Å²) >= 11 is 0. The average Bonchev–Trinajstić information content (AvgIpc) is 3.06. The van der Waals surface area contributed by atoms with Crippen molar-refractivity contribution in [3.05, 3.63) is 176 Å². The van der Waals surface area contributed by atoms with Gasteiger partial charge < -0.3 is 4.90 Å². The van der Waals surface area contributed by atoms with E-state index in [4.69, 9.17) is 0 Å². The second kappa shape index (κ2) is 11.0. The molecule has 0 radical (unpaired) electrons. The third-order valence-corrected chi connectivity index (χ3v) is 7.65. The summed E-state index contributed by atoms with van der Waals surface area (Å²) in [5.41, 5.74) is 10.7. The van der Waals surface area contributed by atoms with Gasteiger partial charge in [-0.25, -0.2) is 0 Å². The number of hydrogen-bond acceptors (Lipinski definition) is 1. The van der Waals surface area contributed by atoms with E-state index < -0.39 is 0 Å². The molecule has 1 nitrogen and oxygen atoms in total. The van der Waals surface area contributed by atoms with Crippen molar-refractivity contribution in [1.29, 1.82) is 0 Å². The maximum Gasteiger partial charge on any atom is 0.0467 e. The van der Waals surface area contributed by atoms with Crippen LogP contribution in [0, 0.1) is 0 Å². The number of benzene rings is 7. The molecule has 0 aliphatic carbocycles. The summed E-state index contributed by atoms with van der Waals surface area (Å²) in [6, 6.07) is 62.8. The molecule has 0 aromatic heterocycles. The normalized spacial score (nSPS) is 10.9. The van der Waals surface area contributed by atoms with Crippen molar-refractivity contribution in [3.8, 4) is 33.4 Å². The SMILES string of the molecule is c1ccc(-c2ccccc2-c2cccc(N(c3ccccc3)c3cccc(-c4cccc5ccccc45)c3)c2)cc1. The molecule has 0 heterocycles.